The summed E-state index contributed by atoms with van der Waals surface area (Å²) < 4.78 is 5.13. The predicted molar refractivity (Wildman–Crippen MR) is 70.3 cm³/mol. The van der Waals surface area contributed by atoms with E-state index in [2.05, 4.69) is 15.5 Å². The molecule has 1 amide bonds. The molecule has 0 unspecified atom stereocenters. The average molecular weight is 257 g/mol. The van der Waals surface area contributed by atoms with Crippen molar-refractivity contribution in [1.82, 2.24) is 10.1 Å². The molecule has 0 radical (unpaired) electrons. The Balaban J connectivity index is 1.70. The maximum atomic E-state index is 11.9. The van der Waals surface area contributed by atoms with E-state index < -0.39 is 0 Å². The molecule has 1 aliphatic rings. The predicted octanol–water partition coefficient (Wildman–Crippen LogP) is 2.87. The summed E-state index contributed by atoms with van der Waals surface area (Å²) in [4.78, 5) is 16.1. The van der Waals surface area contributed by atoms with Gasteiger partial charge in [-0.1, -0.05) is 24.1 Å². The largest absolute Gasteiger partial charge is 0.338 e. The van der Waals surface area contributed by atoms with Gasteiger partial charge in [0.05, 0.1) is 5.69 Å². The van der Waals surface area contributed by atoms with Gasteiger partial charge in [-0.3, -0.25) is 15.1 Å². The summed E-state index contributed by atoms with van der Waals surface area (Å²) in [5.41, 5.74) is 1.36. The Morgan fingerprint density at radius 3 is 2.84 bits per heavy atom. The molecule has 1 N–H and O–H groups in total. The van der Waals surface area contributed by atoms with Crippen molar-refractivity contribution in [3.8, 4) is 11.4 Å². The summed E-state index contributed by atoms with van der Waals surface area (Å²) in [6.07, 6.45) is 5.89. The molecule has 19 heavy (non-hydrogen) atoms. The fourth-order valence-corrected chi connectivity index (χ4v) is 2.38. The Labute approximate surface area is 111 Å². The fraction of sp³-hybridized carbons (Fsp3) is 0.357. The highest BCUT2D eigenvalue weighted by Crippen LogP contribution is 2.26. The molecule has 1 saturated carbocycles. The molecule has 2 aromatic heterocycles. The van der Waals surface area contributed by atoms with E-state index in [0.29, 0.717) is 11.6 Å². The van der Waals surface area contributed by atoms with Crippen molar-refractivity contribution in [2.75, 3.05) is 5.32 Å². The molecule has 5 heteroatoms. The lowest BCUT2D eigenvalue weighted by Crippen LogP contribution is -2.19. The number of nitrogens with one attached hydrogen (secondary N) is 1. The maximum absolute atomic E-state index is 11.9. The number of anilines is 1. The van der Waals surface area contributed by atoms with Crippen LogP contribution in [0.1, 0.15) is 25.7 Å². The van der Waals surface area contributed by atoms with Gasteiger partial charge in [0.25, 0.3) is 0 Å². The third-order valence-corrected chi connectivity index (χ3v) is 3.41. The highest BCUT2D eigenvalue weighted by atomic mass is 16.5. The van der Waals surface area contributed by atoms with Crippen LogP contribution in [0.2, 0.25) is 0 Å². The summed E-state index contributed by atoms with van der Waals surface area (Å²) in [5.74, 6) is 0.530. The number of carbonyl (C=O) groups excluding carboxylic acids is 1. The zero-order valence-electron chi connectivity index (χ0n) is 10.5. The van der Waals surface area contributed by atoms with Crippen LogP contribution in [-0.2, 0) is 4.79 Å². The van der Waals surface area contributed by atoms with Gasteiger partial charge in [-0.25, -0.2) is 0 Å². The van der Waals surface area contributed by atoms with Crippen molar-refractivity contribution in [1.29, 1.82) is 0 Å². The minimum Gasteiger partial charge on any atom is -0.338 e. The summed E-state index contributed by atoms with van der Waals surface area (Å²) in [6.45, 7) is 0. The van der Waals surface area contributed by atoms with Gasteiger partial charge in [0.15, 0.2) is 0 Å². The number of nitrogens with zero attached hydrogens (tertiary/aromatic N) is 2. The molecule has 1 fully saturated rings. The Bertz CT molecular complexity index is 559. The lowest BCUT2D eigenvalue weighted by molar-refractivity contribution is -0.119. The number of pyridine rings is 1. The molecule has 0 atom stereocenters. The van der Waals surface area contributed by atoms with Crippen molar-refractivity contribution in [3.05, 3.63) is 30.5 Å². The van der Waals surface area contributed by atoms with E-state index in [1.165, 1.54) is 0 Å². The van der Waals surface area contributed by atoms with Gasteiger partial charge < -0.3 is 4.52 Å². The maximum Gasteiger partial charge on any atom is 0.231 e. The fourth-order valence-electron chi connectivity index (χ4n) is 2.38. The van der Waals surface area contributed by atoms with Crippen LogP contribution >= 0.6 is 0 Å². The number of aromatic nitrogens is 2. The molecular weight excluding hydrogens is 242 g/mol. The summed E-state index contributed by atoms with van der Waals surface area (Å²) in [6, 6.07) is 7.27. The van der Waals surface area contributed by atoms with Gasteiger partial charge in [0, 0.05) is 18.2 Å². The minimum absolute atomic E-state index is 0.0289. The van der Waals surface area contributed by atoms with E-state index in [1.54, 1.807) is 12.3 Å². The number of hydrogen-bond acceptors (Lipinski definition) is 4. The normalized spacial score (nSPS) is 15.6. The van der Waals surface area contributed by atoms with E-state index in [4.69, 9.17) is 4.52 Å². The zero-order valence-corrected chi connectivity index (χ0v) is 10.5. The molecule has 98 valence electrons. The highest BCUT2D eigenvalue weighted by Gasteiger charge is 2.23. The first kappa shape index (κ1) is 11.9. The van der Waals surface area contributed by atoms with Crippen molar-refractivity contribution < 1.29 is 9.32 Å². The van der Waals surface area contributed by atoms with Crippen molar-refractivity contribution >= 4 is 11.8 Å². The summed E-state index contributed by atoms with van der Waals surface area (Å²) >= 11 is 0. The van der Waals surface area contributed by atoms with Crippen molar-refractivity contribution in [2.24, 2.45) is 5.92 Å². The summed E-state index contributed by atoms with van der Waals surface area (Å²) in [7, 11) is 0. The molecule has 0 spiro atoms. The highest BCUT2D eigenvalue weighted by molar-refractivity contribution is 5.91. The quantitative estimate of drug-likeness (QED) is 0.918. The van der Waals surface area contributed by atoms with Crippen LogP contribution in [0.25, 0.3) is 11.4 Å². The Kier molecular flexibility index (Phi) is 3.27. The average Bonchev–Trinajstić information content (AvgIpc) is 3.11. The topological polar surface area (TPSA) is 68.0 Å². The lowest BCUT2D eigenvalue weighted by atomic mass is 10.1. The van der Waals surface area contributed by atoms with Crippen molar-refractivity contribution in [3.63, 3.8) is 0 Å². The van der Waals surface area contributed by atoms with Gasteiger partial charge in [0.1, 0.15) is 5.69 Å². The smallest absolute Gasteiger partial charge is 0.231 e. The van der Waals surface area contributed by atoms with E-state index in [0.717, 1.165) is 31.4 Å². The van der Waals surface area contributed by atoms with E-state index in [1.807, 2.05) is 18.2 Å². The molecule has 0 saturated heterocycles. The van der Waals surface area contributed by atoms with Crippen LogP contribution in [-0.4, -0.2) is 16.0 Å². The van der Waals surface area contributed by atoms with Crippen LogP contribution in [0, 0.1) is 5.92 Å². The SMILES string of the molecule is O=C(Nc1cc(-c2ccccn2)no1)C1CCCC1. The number of hydrogen-bond donors (Lipinski definition) is 1. The lowest BCUT2D eigenvalue weighted by Gasteiger charge is -2.06. The summed E-state index contributed by atoms with van der Waals surface area (Å²) in [5, 5.41) is 6.69. The third-order valence-electron chi connectivity index (χ3n) is 3.41. The van der Waals surface area contributed by atoms with Gasteiger partial charge in [0.2, 0.25) is 11.8 Å². The number of rotatable bonds is 3. The molecule has 0 aliphatic heterocycles. The minimum atomic E-state index is 0.0289. The van der Waals surface area contributed by atoms with Crippen LogP contribution in [0.15, 0.2) is 35.0 Å². The van der Waals surface area contributed by atoms with Crippen molar-refractivity contribution in [2.45, 2.75) is 25.7 Å². The molecule has 2 heterocycles. The Hall–Kier alpha value is -2.17. The van der Waals surface area contributed by atoms with E-state index >= 15 is 0 Å². The zero-order chi connectivity index (χ0) is 13.1. The first-order chi connectivity index (χ1) is 9.33. The Morgan fingerprint density at radius 2 is 2.11 bits per heavy atom. The van der Waals surface area contributed by atoms with Gasteiger partial charge in [-0.15, -0.1) is 0 Å². The van der Waals surface area contributed by atoms with Crippen LogP contribution in [0.3, 0.4) is 0 Å². The van der Waals surface area contributed by atoms with Crippen LogP contribution in [0.5, 0.6) is 0 Å². The molecule has 2 aromatic rings. The number of carbonyl (C=O) groups is 1. The molecular formula is C14H15N3O2. The molecule has 3 rings (SSSR count). The van der Waals surface area contributed by atoms with Gasteiger partial charge in [-0.2, -0.15) is 0 Å². The van der Waals surface area contributed by atoms with Crippen LogP contribution in [0.4, 0.5) is 5.88 Å². The number of amides is 1. The first-order valence-electron chi connectivity index (χ1n) is 6.52. The second kappa shape index (κ2) is 5.22. The molecule has 1 aliphatic carbocycles. The van der Waals surface area contributed by atoms with Gasteiger partial charge in [-0.05, 0) is 25.0 Å². The van der Waals surface area contributed by atoms with E-state index in [9.17, 15) is 4.79 Å². The first-order valence-corrected chi connectivity index (χ1v) is 6.52. The standard InChI is InChI=1S/C14H15N3O2/c18-14(10-5-1-2-6-10)16-13-9-12(17-19-13)11-7-3-4-8-15-11/h3-4,7-10H,1-2,5-6H2,(H,16,18). The third kappa shape index (κ3) is 2.65. The van der Waals surface area contributed by atoms with E-state index in [-0.39, 0.29) is 11.8 Å². The molecule has 5 nitrogen and oxygen atoms in total. The molecule has 0 bridgehead atoms. The monoisotopic (exact) mass is 257 g/mol. The molecule has 0 aromatic carbocycles. The second-order valence-corrected chi connectivity index (χ2v) is 4.76. The van der Waals surface area contributed by atoms with Gasteiger partial charge >= 0.3 is 0 Å². The second-order valence-electron chi connectivity index (χ2n) is 4.76. The van der Waals surface area contributed by atoms with Crippen LogP contribution < -0.4 is 5.32 Å². The Morgan fingerprint density at radius 1 is 1.26 bits per heavy atom.